The number of hydrogen-bond donors (Lipinski definition) is 2. The number of rotatable bonds is 5. The summed E-state index contributed by atoms with van der Waals surface area (Å²) < 4.78 is 5.10. The first kappa shape index (κ1) is 12.5. The van der Waals surface area contributed by atoms with Crippen LogP contribution < -0.4 is 10.1 Å². The third-order valence-corrected chi connectivity index (χ3v) is 2.23. The standard InChI is InChI=1S/C12H17NO3/c1-9(15)13-12-8-11(16-2)6-5-10(12)4-3-7-14/h5-6,8,14H,3-4,7H2,1-2H3,(H,13,15). The molecule has 16 heavy (non-hydrogen) atoms. The van der Waals surface area contributed by atoms with Gasteiger partial charge in [-0.15, -0.1) is 0 Å². The summed E-state index contributed by atoms with van der Waals surface area (Å²) in [6.07, 6.45) is 1.41. The first-order valence-electron chi connectivity index (χ1n) is 5.22. The molecule has 4 nitrogen and oxygen atoms in total. The second-order valence-electron chi connectivity index (χ2n) is 3.53. The van der Waals surface area contributed by atoms with Crippen LogP contribution in [-0.2, 0) is 11.2 Å². The van der Waals surface area contributed by atoms with E-state index >= 15 is 0 Å². The third kappa shape index (κ3) is 3.55. The van der Waals surface area contributed by atoms with Crippen LogP contribution in [-0.4, -0.2) is 24.7 Å². The molecule has 1 aromatic rings. The zero-order chi connectivity index (χ0) is 12.0. The largest absolute Gasteiger partial charge is 0.497 e. The molecule has 0 aliphatic rings. The molecule has 0 aromatic heterocycles. The van der Waals surface area contributed by atoms with Gasteiger partial charge >= 0.3 is 0 Å². The lowest BCUT2D eigenvalue weighted by molar-refractivity contribution is -0.114. The highest BCUT2D eigenvalue weighted by atomic mass is 16.5. The Bertz CT molecular complexity index is 363. The number of benzene rings is 1. The molecule has 0 fully saturated rings. The van der Waals surface area contributed by atoms with Crippen LogP contribution in [0.1, 0.15) is 18.9 Å². The normalized spacial score (nSPS) is 9.94. The van der Waals surface area contributed by atoms with E-state index in [2.05, 4.69) is 5.32 Å². The van der Waals surface area contributed by atoms with E-state index in [1.165, 1.54) is 6.92 Å². The molecule has 0 unspecified atom stereocenters. The van der Waals surface area contributed by atoms with Gasteiger partial charge < -0.3 is 15.2 Å². The van der Waals surface area contributed by atoms with E-state index in [0.29, 0.717) is 12.2 Å². The van der Waals surface area contributed by atoms with Gasteiger partial charge in [-0.1, -0.05) is 6.07 Å². The summed E-state index contributed by atoms with van der Waals surface area (Å²) in [5, 5.41) is 11.5. The lowest BCUT2D eigenvalue weighted by Gasteiger charge is -2.11. The van der Waals surface area contributed by atoms with Gasteiger partial charge in [-0.25, -0.2) is 0 Å². The SMILES string of the molecule is COc1ccc(CCCO)c(NC(C)=O)c1. The first-order chi connectivity index (χ1) is 7.67. The molecule has 0 atom stereocenters. The van der Waals surface area contributed by atoms with E-state index in [-0.39, 0.29) is 12.5 Å². The highest BCUT2D eigenvalue weighted by Crippen LogP contribution is 2.23. The second kappa shape index (κ2) is 6.12. The maximum Gasteiger partial charge on any atom is 0.221 e. The van der Waals surface area contributed by atoms with Crippen molar-refractivity contribution >= 4 is 11.6 Å². The summed E-state index contributed by atoms with van der Waals surface area (Å²) in [4.78, 5) is 11.0. The summed E-state index contributed by atoms with van der Waals surface area (Å²) in [5.74, 6) is 0.593. The van der Waals surface area contributed by atoms with Crippen molar-refractivity contribution in [1.29, 1.82) is 0 Å². The van der Waals surface area contributed by atoms with E-state index < -0.39 is 0 Å². The Hall–Kier alpha value is -1.55. The topological polar surface area (TPSA) is 58.6 Å². The van der Waals surface area contributed by atoms with Crippen LogP contribution in [0.15, 0.2) is 18.2 Å². The maximum absolute atomic E-state index is 11.0. The number of aliphatic hydroxyl groups is 1. The van der Waals surface area contributed by atoms with Crippen LogP contribution in [0.4, 0.5) is 5.69 Å². The van der Waals surface area contributed by atoms with Gasteiger partial charge in [-0.05, 0) is 24.5 Å². The molecule has 0 saturated heterocycles. The van der Waals surface area contributed by atoms with Crippen LogP contribution in [0.5, 0.6) is 5.75 Å². The number of carbonyl (C=O) groups is 1. The highest BCUT2D eigenvalue weighted by molar-refractivity contribution is 5.89. The van der Waals surface area contributed by atoms with Crippen molar-refractivity contribution in [3.8, 4) is 5.75 Å². The molecule has 0 radical (unpaired) electrons. The average molecular weight is 223 g/mol. The molecule has 0 aliphatic carbocycles. The molecule has 1 amide bonds. The van der Waals surface area contributed by atoms with Crippen LogP contribution in [0.2, 0.25) is 0 Å². The predicted octanol–water partition coefficient (Wildman–Crippen LogP) is 1.58. The van der Waals surface area contributed by atoms with E-state index in [4.69, 9.17) is 9.84 Å². The lowest BCUT2D eigenvalue weighted by Crippen LogP contribution is -2.08. The molecule has 4 heteroatoms. The van der Waals surface area contributed by atoms with Crippen molar-refractivity contribution in [2.45, 2.75) is 19.8 Å². The van der Waals surface area contributed by atoms with Gasteiger partial charge in [-0.3, -0.25) is 4.79 Å². The van der Waals surface area contributed by atoms with E-state index in [1.54, 1.807) is 13.2 Å². The molecule has 0 bridgehead atoms. The summed E-state index contributed by atoms with van der Waals surface area (Å²) >= 11 is 0. The second-order valence-corrected chi connectivity index (χ2v) is 3.53. The average Bonchev–Trinajstić information content (AvgIpc) is 2.26. The number of anilines is 1. The third-order valence-electron chi connectivity index (χ3n) is 2.23. The van der Waals surface area contributed by atoms with Crippen molar-refractivity contribution in [3.05, 3.63) is 23.8 Å². The Labute approximate surface area is 95.2 Å². The van der Waals surface area contributed by atoms with Crippen molar-refractivity contribution < 1.29 is 14.6 Å². The highest BCUT2D eigenvalue weighted by Gasteiger charge is 2.05. The van der Waals surface area contributed by atoms with Crippen LogP contribution >= 0.6 is 0 Å². The van der Waals surface area contributed by atoms with Crippen molar-refractivity contribution in [2.24, 2.45) is 0 Å². The van der Waals surface area contributed by atoms with E-state index in [9.17, 15) is 4.79 Å². The number of aliphatic hydroxyl groups excluding tert-OH is 1. The molecule has 0 saturated carbocycles. The number of hydrogen-bond acceptors (Lipinski definition) is 3. The lowest BCUT2D eigenvalue weighted by atomic mass is 10.1. The quantitative estimate of drug-likeness (QED) is 0.796. The molecule has 0 heterocycles. The van der Waals surface area contributed by atoms with Crippen molar-refractivity contribution in [2.75, 3.05) is 19.0 Å². The van der Waals surface area contributed by atoms with Gasteiger partial charge in [-0.2, -0.15) is 0 Å². The minimum Gasteiger partial charge on any atom is -0.497 e. The summed E-state index contributed by atoms with van der Waals surface area (Å²) in [6.45, 7) is 1.61. The fraction of sp³-hybridized carbons (Fsp3) is 0.417. The minimum atomic E-state index is -0.112. The number of aryl methyl sites for hydroxylation is 1. The molecule has 1 aromatic carbocycles. The van der Waals surface area contributed by atoms with E-state index in [0.717, 1.165) is 17.7 Å². The fourth-order valence-electron chi connectivity index (χ4n) is 1.48. The molecule has 88 valence electrons. The Kier molecular flexibility index (Phi) is 4.79. The van der Waals surface area contributed by atoms with Gasteiger partial charge in [0.15, 0.2) is 0 Å². The maximum atomic E-state index is 11.0. The number of methoxy groups -OCH3 is 1. The molecular weight excluding hydrogens is 206 g/mol. The van der Waals surface area contributed by atoms with Gasteiger partial charge in [0.05, 0.1) is 7.11 Å². The van der Waals surface area contributed by atoms with Crippen LogP contribution in [0.25, 0.3) is 0 Å². The molecule has 2 N–H and O–H groups in total. The number of amides is 1. The first-order valence-corrected chi connectivity index (χ1v) is 5.22. The Morgan fingerprint density at radius 2 is 2.25 bits per heavy atom. The Balaban J connectivity index is 2.91. The summed E-state index contributed by atoms with van der Waals surface area (Å²) in [5.41, 5.74) is 1.75. The summed E-state index contributed by atoms with van der Waals surface area (Å²) in [6, 6.07) is 5.53. The van der Waals surface area contributed by atoms with Gasteiger partial charge in [0.1, 0.15) is 5.75 Å². The monoisotopic (exact) mass is 223 g/mol. The van der Waals surface area contributed by atoms with Crippen LogP contribution in [0, 0.1) is 0 Å². The molecular formula is C12H17NO3. The van der Waals surface area contributed by atoms with Gasteiger partial charge in [0.2, 0.25) is 5.91 Å². The van der Waals surface area contributed by atoms with Gasteiger partial charge in [0.25, 0.3) is 0 Å². The Morgan fingerprint density at radius 3 is 2.81 bits per heavy atom. The molecule has 0 spiro atoms. The van der Waals surface area contributed by atoms with Gasteiger partial charge in [0, 0.05) is 25.3 Å². The zero-order valence-corrected chi connectivity index (χ0v) is 9.62. The molecule has 0 aliphatic heterocycles. The fourth-order valence-corrected chi connectivity index (χ4v) is 1.48. The number of carbonyl (C=O) groups excluding carboxylic acids is 1. The smallest absolute Gasteiger partial charge is 0.221 e. The summed E-state index contributed by atoms with van der Waals surface area (Å²) in [7, 11) is 1.58. The number of nitrogens with one attached hydrogen (secondary N) is 1. The minimum absolute atomic E-state index is 0.112. The van der Waals surface area contributed by atoms with Crippen molar-refractivity contribution in [1.82, 2.24) is 0 Å². The molecule has 1 rings (SSSR count). The Morgan fingerprint density at radius 1 is 1.50 bits per heavy atom. The zero-order valence-electron chi connectivity index (χ0n) is 9.62. The van der Waals surface area contributed by atoms with Crippen molar-refractivity contribution in [3.63, 3.8) is 0 Å². The van der Waals surface area contributed by atoms with Crippen LogP contribution in [0.3, 0.4) is 0 Å². The van der Waals surface area contributed by atoms with E-state index in [1.807, 2.05) is 12.1 Å². The number of ether oxygens (including phenoxy) is 1. The predicted molar refractivity (Wildman–Crippen MR) is 62.7 cm³/mol.